The van der Waals surface area contributed by atoms with E-state index < -0.39 is 46.0 Å². The van der Waals surface area contributed by atoms with Gasteiger partial charge in [0.2, 0.25) is 0 Å². The highest BCUT2D eigenvalue weighted by molar-refractivity contribution is 6.01. The zero-order valence-electron chi connectivity index (χ0n) is 58.2. The second kappa shape index (κ2) is 34.2. The van der Waals surface area contributed by atoms with E-state index in [-0.39, 0.29) is 35.9 Å². The third-order valence-corrected chi connectivity index (χ3v) is 12.5. The molecule has 0 aliphatic heterocycles. The van der Waals surface area contributed by atoms with E-state index in [0.717, 1.165) is 55.3 Å². The van der Waals surface area contributed by atoms with E-state index in [0.29, 0.717) is 11.3 Å². The van der Waals surface area contributed by atoms with Gasteiger partial charge in [-0.2, -0.15) is 9.59 Å². The molecule has 7 aromatic carbocycles. The van der Waals surface area contributed by atoms with E-state index in [1.54, 1.807) is 118 Å². The van der Waals surface area contributed by atoms with E-state index in [4.69, 9.17) is 33.3 Å². The molecule has 0 fully saturated rings. The highest BCUT2D eigenvalue weighted by atomic mass is 19.1. The first kappa shape index (κ1) is 78.7. The second-order valence-electron chi connectivity index (χ2n) is 26.4. The lowest BCUT2D eigenvalue weighted by Crippen LogP contribution is -2.34. The van der Waals surface area contributed by atoms with Crippen LogP contribution in [0.3, 0.4) is 0 Å². The van der Waals surface area contributed by atoms with E-state index in [2.05, 4.69) is 0 Å². The molecule has 92 heavy (non-hydrogen) atoms. The summed E-state index contributed by atoms with van der Waals surface area (Å²) in [6, 6.07) is 43.0. The first-order chi connectivity index (χ1) is 42.3. The van der Waals surface area contributed by atoms with Crippen LogP contribution in [0.25, 0.3) is 21.5 Å². The van der Waals surface area contributed by atoms with Crippen LogP contribution in [0.2, 0.25) is 0 Å². The predicted molar refractivity (Wildman–Crippen MR) is 364 cm³/mol. The molecule has 0 aromatic heterocycles. The minimum Gasteiger partial charge on any atom is -0.443 e. The molecule has 498 valence electrons. The first-order valence-corrected chi connectivity index (χ1v) is 29.7. The number of hydrogen-bond donors (Lipinski definition) is 0. The van der Waals surface area contributed by atoms with Gasteiger partial charge >= 0.3 is 36.6 Å². The number of carbonyl (C=O) groups excluding carboxylic acids is 7. The Bertz CT molecular complexity index is 3630. The van der Waals surface area contributed by atoms with E-state index in [1.807, 2.05) is 179 Å². The van der Waals surface area contributed by atoms with Crippen molar-refractivity contribution < 1.29 is 66.0 Å². The lowest BCUT2D eigenvalue weighted by atomic mass is 10.1. The van der Waals surface area contributed by atoms with Gasteiger partial charge in [-0.1, -0.05) is 84.9 Å². The van der Waals surface area contributed by atoms with Crippen LogP contribution in [0.4, 0.5) is 61.2 Å². The van der Waals surface area contributed by atoms with Gasteiger partial charge in [0.15, 0.2) is 0 Å². The van der Waals surface area contributed by atoms with Crippen molar-refractivity contribution >= 4 is 86.6 Å². The summed E-state index contributed by atoms with van der Waals surface area (Å²) in [7, 11) is 8.27. The highest BCUT2D eigenvalue weighted by Crippen LogP contribution is 2.29. The number of rotatable bonds is 5. The van der Waals surface area contributed by atoms with Gasteiger partial charge in [0.25, 0.3) is 0 Å². The lowest BCUT2D eigenvalue weighted by Gasteiger charge is -2.26. The van der Waals surface area contributed by atoms with Crippen LogP contribution in [-0.4, -0.2) is 99.9 Å². The number of carbonyl (C=O) groups is 5. The summed E-state index contributed by atoms with van der Waals surface area (Å²) < 4.78 is 53.2. The topological polar surface area (TPSA) is 182 Å². The Morgan fingerprint density at radius 1 is 0.348 bits per heavy atom. The molecule has 0 aliphatic rings. The first-order valence-electron chi connectivity index (χ1n) is 29.7. The molecule has 0 bridgehead atoms. The normalized spacial score (nSPS) is 11.0. The average molecular weight is 1270 g/mol. The van der Waals surface area contributed by atoms with E-state index in [1.165, 1.54) is 33.9 Å². The average Bonchev–Trinajstić information content (AvgIpc) is 0.881. The van der Waals surface area contributed by atoms with Crippen molar-refractivity contribution in [3.63, 3.8) is 0 Å². The zero-order chi connectivity index (χ0) is 70.4. The molecular weight excluding hydrogens is 1180 g/mol. The van der Waals surface area contributed by atoms with Gasteiger partial charge in [-0.15, -0.1) is 0 Å². The number of ether oxygens (including phenoxy) is 5. The molecule has 0 heterocycles. The van der Waals surface area contributed by atoms with Crippen LogP contribution in [-0.2, 0) is 33.3 Å². The number of fused-ring (bicyclic) bond motifs is 2. The van der Waals surface area contributed by atoms with Crippen LogP contribution >= 0.6 is 0 Å². The molecule has 0 aliphatic carbocycles. The van der Waals surface area contributed by atoms with Crippen LogP contribution in [0.15, 0.2) is 140 Å². The van der Waals surface area contributed by atoms with Gasteiger partial charge in [-0.3, -0.25) is 24.5 Å². The third-order valence-electron chi connectivity index (χ3n) is 12.5. The zero-order valence-corrected chi connectivity index (χ0v) is 58.2. The van der Waals surface area contributed by atoms with E-state index in [9.17, 15) is 32.8 Å². The van der Waals surface area contributed by atoms with Crippen molar-refractivity contribution in [1.82, 2.24) is 0 Å². The lowest BCUT2D eigenvalue weighted by molar-refractivity contribution is -0.191. The number of benzene rings is 7. The maximum absolute atomic E-state index is 13.6. The monoisotopic (exact) mass is 1270 g/mol. The van der Waals surface area contributed by atoms with Crippen molar-refractivity contribution in [3.8, 4) is 0 Å². The molecule has 0 atom stereocenters. The Morgan fingerprint density at radius 3 is 1.15 bits per heavy atom. The van der Waals surface area contributed by atoms with Gasteiger partial charge in [-0.25, -0.2) is 32.8 Å². The van der Waals surface area contributed by atoms with Crippen LogP contribution < -0.4 is 24.5 Å². The molecule has 17 nitrogen and oxygen atoms in total. The summed E-state index contributed by atoms with van der Waals surface area (Å²) in [6.07, 6.45) is -1.79. The van der Waals surface area contributed by atoms with Gasteiger partial charge in [0.1, 0.15) is 39.6 Å². The smallest absolute Gasteiger partial charge is 0.414 e. The predicted octanol–water partition coefficient (Wildman–Crippen LogP) is 18.5. The Hall–Kier alpha value is -9.35. The minimum atomic E-state index is -0.591. The fourth-order valence-corrected chi connectivity index (χ4v) is 7.86. The summed E-state index contributed by atoms with van der Waals surface area (Å²) in [5.74, 6) is -0.718. The standard InChI is InChI=1S/2C16H19NO2.C14H21NO2.2C13H18FNO2.CO2/c1-16(2,3)19-15(18)17(4)14-11-7-9-12-8-5-6-10-13(12)14;1-16(2,3)19-15(18)17(4)14-10-9-12-7-5-6-8-13(12)11-14;1-10-8-7-9-12(11(10)2)15(6)13(16)17-14(3,4)5;1-9-8-10(6-7-11(9)14)15(5)12(16)17-13(2,3)4;1-9-6-7-11(10(14)8-9)15(5)12(16)17-13(2,3)4;2-1-3/h2*5-11H,1-4H3;7-9H,1-6H3;2*6-8H,1-5H3;. The summed E-state index contributed by atoms with van der Waals surface area (Å²) in [5, 5.41) is 4.41. The van der Waals surface area contributed by atoms with Crippen LogP contribution in [0.5, 0.6) is 0 Å². The van der Waals surface area contributed by atoms with Gasteiger partial charge in [-0.05, 0) is 225 Å². The highest BCUT2D eigenvalue weighted by Gasteiger charge is 2.26. The second-order valence-corrected chi connectivity index (χ2v) is 26.4. The molecule has 0 saturated heterocycles. The molecule has 0 spiro atoms. The number of anilines is 5. The number of hydrogen-bond acceptors (Lipinski definition) is 12. The molecule has 0 N–H and O–H groups in total. The van der Waals surface area contributed by atoms with Gasteiger partial charge in [0.05, 0.1) is 11.4 Å². The van der Waals surface area contributed by atoms with Crippen molar-refractivity contribution in [2.75, 3.05) is 59.7 Å². The Balaban J connectivity index is 0.000000388. The molecule has 0 saturated carbocycles. The quantitative estimate of drug-likeness (QED) is 0.149. The maximum atomic E-state index is 13.6. The molecule has 0 radical (unpaired) electrons. The van der Waals surface area contributed by atoms with Crippen LogP contribution in [0.1, 0.15) is 126 Å². The molecule has 7 aromatic rings. The minimum absolute atomic E-state index is 0.213. The molecular formula is C73H95F2N5O12. The van der Waals surface area contributed by atoms with Gasteiger partial charge in [0, 0.05) is 57.7 Å². The van der Waals surface area contributed by atoms with Crippen molar-refractivity contribution in [3.05, 3.63) is 173 Å². The van der Waals surface area contributed by atoms with Crippen molar-refractivity contribution in [1.29, 1.82) is 0 Å². The van der Waals surface area contributed by atoms with E-state index >= 15 is 0 Å². The van der Waals surface area contributed by atoms with Crippen molar-refractivity contribution in [2.45, 2.75) is 160 Å². The van der Waals surface area contributed by atoms with Gasteiger partial charge < -0.3 is 23.7 Å². The SMILES string of the molecule is CN(C(=O)OC(C)(C)C)c1ccc2ccccc2c1.CN(C(=O)OC(C)(C)C)c1cccc2ccccc12.Cc1cc(N(C)C(=O)OC(C)(C)C)ccc1F.Cc1ccc(N(C)C(=O)OC(C)(C)C)c(F)c1.Cc1cccc(N(C)C(=O)OC(C)(C)C)c1C.O=C=O. The number of nitrogens with zero attached hydrogens (tertiary/aromatic N) is 5. The van der Waals surface area contributed by atoms with Crippen molar-refractivity contribution in [2.24, 2.45) is 0 Å². The largest absolute Gasteiger partial charge is 0.443 e. The molecule has 0 unspecified atom stereocenters. The summed E-state index contributed by atoms with van der Waals surface area (Å²) in [6.45, 7) is 34.9. The maximum Gasteiger partial charge on any atom is 0.414 e. The summed E-state index contributed by atoms with van der Waals surface area (Å²) in [5.41, 5.74) is 4.39. The third kappa shape index (κ3) is 27.4. The number of aryl methyl sites for hydroxylation is 3. The summed E-state index contributed by atoms with van der Waals surface area (Å²) >= 11 is 0. The number of halogens is 2. The number of amides is 5. The Morgan fingerprint density at radius 2 is 0.707 bits per heavy atom. The van der Waals surface area contributed by atoms with Crippen LogP contribution in [0, 0.1) is 39.3 Å². The Labute approximate surface area is 543 Å². The summed E-state index contributed by atoms with van der Waals surface area (Å²) in [4.78, 5) is 82.9. The Kier molecular flexibility index (Phi) is 29.3. The molecule has 7 rings (SSSR count). The molecule has 19 heteroatoms. The fourth-order valence-electron chi connectivity index (χ4n) is 7.86. The molecule has 5 amide bonds. The fraction of sp³-hybridized carbons (Fsp3) is 0.397.